The first-order valence-corrected chi connectivity index (χ1v) is 12.1. The lowest BCUT2D eigenvalue weighted by atomic mass is 10.1. The lowest BCUT2D eigenvalue weighted by molar-refractivity contribution is -0.116. The third-order valence-electron chi connectivity index (χ3n) is 5.69. The van der Waals surface area contributed by atoms with E-state index in [1.54, 1.807) is 36.1 Å². The summed E-state index contributed by atoms with van der Waals surface area (Å²) in [5.41, 5.74) is 7.27. The molecule has 35 heavy (non-hydrogen) atoms. The number of imidazole rings is 1. The van der Waals surface area contributed by atoms with Gasteiger partial charge in [-0.15, -0.1) is 0 Å². The molecule has 6 heterocycles. The van der Waals surface area contributed by atoms with Crippen molar-refractivity contribution in [2.24, 2.45) is 0 Å². The average Bonchev–Trinajstić information content (AvgIpc) is 3.63. The molecule has 6 rings (SSSR count). The summed E-state index contributed by atoms with van der Waals surface area (Å²) in [5.74, 6) is 0.580. The summed E-state index contributed by atoms with van der Waals surface area (Å²) in [6, 6.07) is 7.93. The van der Waals surface area contributed by atoms with E-state index in [-0.39, 0.29) is 5.91 Å². The van der Waals surface area contributed by atoms with Gasteiger partial charge in [-0.05, 0) is 47.0 Å². The lowest BCUT2D eigenvalue weighted by Crippen LogP contribution is -2.10. The Labute approximate surface area is 203 Å². The standard InChI is InChI=1S/C25H20N8OS/c1-2-3-20(34)29-17-8-15(10-26-12-17)16-9-19-22(32-33-23(19)28-11-16)25-30-21-18(14-5-7-35-13-14)4-6-27-24(21)31-25/h4-13H,2-3H2,1H3,(H,29,34)(H,27,30,31)(H,28,32,33). The Hall–Kier alpha value is -4.44. The zero-order chi connectivity index (χ0) is 23.8. The van der Waals surface area contributed by atoms with E-state index >= 15 is 0 Å². The number of carbonyl (C=O) groups excluding carboxylic acids is 1. The fourth-order valence-corrected chi connectivity index (χ4v) is 4.69. The molecule has 10 heteroatoms. The van der Waals surface area contributed by atoms with E-state index in [1.165, 1.54) is 0 Å². The fourth-order valence-electron chi connectivity index (χ4n) is 4.03. The number of nitrogens with one attached hydrogen (secondary N) is 3. The van der Waals surface area contributed by atoms with Crippen molar-refractivity contribution in [2.75, 3.05) is 5.32 Å². The number of H-pyrrole nitrogens is 2. The molecule has 9 nitrogen and oxygen atoms in total. The van der Waals surface area contributed by atoms with Crippen LogP contribution in [0.5, 0.6) is 0 Å². The number of rotatable bonds is 6. The van der Waals surface area contributed by atoms with Crippen molar-refractivity contribution in [3.63, 3.8) is 0 Å². The van der Waals surface area contributed by atoms with Crippen LogP contribution in [0.15, 0.2) is 59.8 Å². The van der Waals surface area contributed by atoms with Gasteiger partial charge in [-0.1, -0.05) is 6.92 Å². The number of hydrogen-bond donors (Lipinski definition) is 3. The highest BCUT2D eigenvalue weighted by Gasteiger charge is 2.17. The van der Waals surface area contributed by atoms with Gasteiger partial charge >= 0.3 is 0 Å². The second-order valence-corrected chi connectivity index (χ2v) is 8.89. The van der Waals surface area contributed by atoms with E-state index < -0.39 is 0 Å². The van der Waals surface area contributed by atoms with Crippen LogP contribution < -0.4 is 5.32 Å². The van der Waals surface area contributed by atoms with E-state index in [2.05, 4.69) is 46.9 Å². The Morgan fingerprint density at radius 3 is 2.83 bits per heavy atom. The van der Waals surface area contributed by atoms with Crippen molar-refractivity contribution in [1.29, 1.82) is 0 Å². The minimum absolute atomic E-state index is 0.0301. The summed E-state index contributed by atoms with van der Waals surface area (Å²) < 4.78 is 0. The van der Waals surface area contributed by atoms with Crippen molar-refractivity contribution in [3.05, 3.63) is 59.8 Å². The molecule has 0 spiro atoms. The molecule has 6 aromatic heterocycles. The topological polar surface area (TPSA) is 125 Å². The molecule has 172 valence electrons. The Balaban J connectivity index is 1.40. The van der Waals surface area contributed by atoms with Crippen molar-refractivity contribution in [2.45, 2.75) is 19.8 Å². The van der Waals surface area contributed by atoms with Crippen LogP contribution in [0.3, 0.4) is 0 Å². The second kappa shape index (κ2) is 8.73. The van der Waals surface area contributed by atoms with Gasteiger partial charge in [0.2, 0.25) is 5.91 Å². The molecule has 0 unspecified atom stereocenters. The van der Waals surface area contributed by atoms with Gasteiger partial charge in [0.25, 0.3) is 0 Å². The summed E-state index contributed by atoms with van der Waals surface area (Å²) in [7, 11) is 0. The Bertz CT molecular complexity index is 1670. The van der Waals surface area contributed by atoms with Crippen LogP contribution in [-0.4, -0.2) is 41.0 Å². The molecule has 0 saturated heterocycles. The van der Waals surface area contributed by atoms with Crippen molar-refractivity contribution in [3.8, 4) is 33.8 Å². The van der Waals surface area contributed by atoms with Crippen LogP contribution in [-0.2, 0) is 4.79 Å². The van der Waals surface area contributed by atoms with Gasteiger partial charge < -0.3 is 10.3 Å². The first-order chi connectivity index (χ1) is 17.2. The molecule has 0 atom stereocenters. The third-order valence-corrected chi connectivity index (χ3v) is 6.37. The van der Waals surface area contributed by atoms with Crippen LogP contribution in [0.1, 0.15) is 19.8 Å². The molecule has 0 aromatic carbocycles. The summed E-state index contributed by atoms with van der Waals surface area (Å²) in [5, 5.41) is 15.3. The van der Waals surface area contributed by atoms with E-state index in [4.69, 9.17) is 4.98 Å². The number of aromatic nitrogens is 7. The Morgan fingerprint density at radius 1 is 1.06 bits per heavy atom. The maximum absolute atomic E-state index is 12.0. The molecule has 6 aromatic rings. The minimum Gasteiger partial charge on any atom is -0.325 e. The molecule has 0 saturated carbocycles. The number of fused-ring (bicyclic) bond motifs is 2. The highest BCUT2D eigenvalue weighted by Crippen LogP contribution is 2.32. The molecule has 1 amide bonds. The van der Waals surface area contributed by atoms with E-state index in [0.29, 0.717) is 34.9 Å². The number of hydrogen-bond acceptors (Lipinski definition) is 7. The number of aromatic amines is 2. The number of amides is 1. The summed E-state index contributed by atoms with van der Waals surface area (Å²) in [4.78, 5) is 33.4. The fraction of sp³-hybridized carbons (Fsp3) is 0.120. The first kappa shape index (κ1) is 21.1. The monoisotopic (exact) mass is 480 g/mol. The smallest absolute Gasteiger partial charge is 0.224 e. The lowest BCUT2D eigenvalue weighted by Gasteiger charge is -2.07. The number of pyridine rings is 3. The predicted molar refractivity (Wildman–Crippen MR) is 137 cm³/mol. The highest BCUT2D eigenvalue weighted by molar-refractivity contribution is 7.08. The number of thiophene rings is 1. The minimum atomic E-state index is -0.0301. The van der Waals surface area contributed by atoms with Gasteiger partial charge in [-0.2, -0.15) is 16.4 Å². The van der Waals surface area contributed by atoms with Crippen LogP contribution in [0, 0.1) is 0 Å². The zero-order valence-electron chi connectivity index (χ0n) is 18.7. The van der Waals surface area contributed by atoms with Crippen molar-refractivity contribution < 1.29 is 4.79 Å². The number of anilines is 1. The summed E-state index contributed by atoms with van der Waals surface area (Å²) in [6.45, 7) is 1.97. The largest absolute Gasteiger partial charge is 0.325 e. The van der Waals surface area contributed by atoms with Gasteiger partial charge in [-0.3, -0.25) is 14.9 Å². The number of nitrogens with zero attached hydrogens (tertiary/aromatic N) is 5. The maximum Gasteiger partial charge on any atom is 0.224 e. The Morgan fingerprint density at radius 2 is 1.97 bits per heavy atom. The molecule has 0 bridgehead atoms. The molecule has 0 aliphatic heterocycles. The normalized spacial score (nSPS) is 11.3. The molecular weight excluding hydrogens is 460 g/mol. The Kier molecular flexibility index (Phi) is 5.27. The molecule has 0 aliphatic carbocycles. The van der Waals surface area contributed by atoms with Crippen molar-refractivity contribution >= 4 is 45.1 Å². The predicted octanol–water partition coefficient (Wildman–Crippen LogP) is 5.43. The van der Waals surface area contributed by atoms with E-state index in [9.17, 15) is 4.79 Å². The second-order valence-electron chi connectivity index (χ2n) is 8.11. The molecule has 3 N–H and O–H groups in total. The van der Waals surface area contributed by atoms with Crippen LogP contribution in [0.25, 0.3) is 56.0 Å². The van der Waals surface area contributed by atoms with E-state index in [1.807, 2.05) is 30.5 Å². The van der Waals surface area contributed by atoms with Gasteiger partial charge in [0.15, 0.2) is 17.1 Å². The average molecular weight is 481 g/mol. The zero-order valence-corrected chi connectivity index (χ0v) is 19.6. The van der Waals surface area contributed by atoms with Crippen LogP contribution in [0.4, 0.5) is 5.69 Å². The molecule has 0 aliphatic rings. The van der Waals surface area contributed by atoms with Gasteiger partial charge in [0, 0.05) is 41.7 Å². The molecular formula is C25H20N8OS. The van der Waals surface area contributed by atoms with Gasteiger partial charge in [0.1, 0.15) is 11.2 Å². The highest BCUT2D eigenvalue weighted by atomic mass is 32.1. The molecule has 0 radical (unpaired) electrons. The van der Waals surface area contributed by atoms with Crippen LogP contribution in [0.2, 0.25) is 0 Å². The molecule has 0 fully saturated rings. The third kappa shape index (κ3) is 3.93. The van der Waals surface area contributed by atoms with E-state index in [0.717, 1.165) is 39.6 Å². The number of carbonyl (C=O) groups is 1. The van der Waals surface area contributed by atoms with Gasteiger partial charge in [0.05, 0.1) is 17.3 Å². The van der Waals surface area contributed by atoms with Crippen molar-refractivity contribution in [1.82, 2.24) is 35.1 Å². The summed E-state index contributed by atoms with van der Waals surface area (Å²) >= 11 is 1.64. The van der Waals surface area contributed by atoms with Gasteiger partial charge in [-0.25, -0.2) is 15.0 Å². The SMILES string of the molecule is CCCC(=O)Nc1cncc(-c2cnc3[nH]nc(-c4nc5c(-c6ccsc6)ccnc5[nH]4)c3c2)c1. The quantitative estimate of drug-likeness (QED) is 0.292. The first-order valence-electron chi connectivity index (χ1n) is 11.2. The van der Waals surface area contributed by atoms with Crippen LogP contribution >= 0.6 is 11.3 Å². The maximum atomic E-state index is 12.0. The summed E-state index contributed by atoms with van der Waals surface area (Å²) in [6.07, 6.45) is 8.17.